The third-order valence-corrected chi connectivity index (χ3v) is 4.14. The molecule has 120 valence electrons. The highest BCUT2D eigenvalue weighted by Crippen LogP contribution is 2.47. The summed E-state index contributed by atoms with van der Waals surface area (Å²) in [5.41, 5.74) is -0.257. The zero-order valence-electron chi connectivity index (χ0n) is 12.3. The van der Waals surface area contributed by atoms with Gasteiger partial charge in [0.15, 0.2) is 0 Å². The van der Waals surface area contributed by atoms with Gasteiger partial charge in [-0.05, 0) is 30.5 Å². The van der Waals surface area contributed by atoms with Crippen molar-refractivity contribution in [2.75, 3.05) is 6.54 Å². The lowest BCUT2D eigenvalue weighted by Gasteiger charge is -2.17. The summed E-state index contributed by atoms with van der Waals surface area (Å²) < 4.78 is 14.1. The second-order valence-electron chi connectivity index (χ2n) is 5.80. The summed E-state index contributed by atoms with van der Waals surface area (Å²) in [5, 5.41) is 2.80. The number of nitrogens with one attached hydrogen (secondary N) is 2. The van der Waals surface area contributed by atoms with Gasteiger partial charge >= 0.3 is 5.69 Å². The number of hydrogen-bond donors (Lipinski definition) is 2. The van der Waals surface area contributed by atoms with Gasteiger partial charge in [-0.2, -0.15) is 0 Å². The fourth-order valence-corrected chi connectivity index (χ4v) is 2.57. The van der Waals surface area contributed by atoms with Crippen molar-refractivity contribution in [1.29, 1.82) is 0 Å². The number of rotatable bonds is 5. The van der Waals surface area contributed by atoms with Gasteiger partial charge in [0.05, 0.1) is 0 Å². The van der Waals surface area contributed by atoms with E-state index in [0.717, 1.165) is 23.0 Å². The highest BCUT2D eigenvalue weighted by molar-refractivity contribution is 5.75. The Hall–Kier alpha value is -2.70. The quantitative estimate of drug-likeness (QED) is 0.843. The summed E-state index contributed by atoms with van der Waals surface area (Å²) in [6.45, 7) is 0.282. The van der Waals surface area contributed by atoms with E-state index in [2.05, 4.69) is 10.3 Å². The molecule has 1 fully saturated rings. The molecule has 0 aliphatic heterocycles. The Balaban J connectivity index is 1.62. The Labute approximate surface area is 131 Å². The fourth-order valence-electron chi connectivity index (χ4n) is 2.57. The number of amides is 1. The van der Waals surface area contributed by atoms with E-state index in [1.165, 1.54) is 24.4 Å². The van der Waals surface area contributed by atoms with Gasteiger partial charge in [0, 0.05) is 24.2 Å². The average Bonchev–Trinajstić information content (AvgIpc) is 3.30. The molecule has 1 aliphatic rings. The van der Waals surface area contributed by atoms with Gasteiger partial charge in [0.2, 0.25) is 5.91 Å². The third-order valence-electron chi connectivity index (χ3n) is 4.14. The molecule has 3 rings (SSSR count). The second-order valence-corrected chi connectivity index (χ2v) is 5.80. The van der Waals surface area contributed by atoms with Crippen LogP contribution in [0.2, 0.25) is 0 Å². The van der Waals surface area contributed by atoms with Gasteiger partial charge in [-0.3, -0.25) is 19.1 Å². The molecule has 0 radical (unpaired) electrons. The van der Waals surface area contributed by atoms with Crippen LogP contribution in [-0.2, 0) is 16.8 Å². The van der Waals surface area contributed by atoms with Crippen molar-refractivity contribution in [3.63, 3.8) is 0 Å². The van der Waals surface area contributed by atoms with Crippen LogP contribution in [0.4, 0.5) is 4.39 Å². The molecule has 1 heterocycles. The first-order valence-electron chi connectivity index (χ1n) is 7.31. The van der Waals surface area contributed by atoms with E-state index < -0.39 is 11.2 Å². The van der Waals surface area contributed by atoms with Crippen molar-refractivity contribution in [2.24, 2.45) is 0 Å². The number of aromatic nitrogens is 2. The molecule has 1 saturated carbocycles. The molecule has 6 nitrogen and oxygen atoms in total. The van der Waals surface area contributed by atoms with E-state index in [9.17, 15) is 18.8 Å². The first-order valence-corrected chi connectivity index (χ1v) is 7.31. The number of halogens is 1. The lowest BCUT2D eigenvalue weighted by atomic mass is 9.96. The van der Waals surface area contributed by atoms with E-state index in [1.54, 1.807) is 12.1 Å². The lowest BCUT2D eigenvalue weighted by Crippen LogP contribution is -2.38. The number of carbonyl (C=O) groups is 1. The van der Waals surface area contributed by atoms with E-state index in [1.807, 2.05) is 0 Å². The molecular formula is C16H16FN3O3. The minimum absolute atomic E-state index is 0.140. The Morgan fingerprint density at radius 1 is 1.22 bits per heavy atom. The first kappa shape index (κ1) is 15.2. The summed E-state index contributed by atoms with van der Waals surface area (Å²) in [7, 11) is 0. The molecule has 2 aromatic rings. The molecule has 0 atom stereocenters. The summed E-state index contributed by atoms with van der Waals surface area (Å²) in [4.78, 5) is 36.6. The molecule has 23 heavy (non-hydrogen) atoms. The van der Waals surface area contributed by atoms with Gasteiger partial charge in [-0.15, -0.1) is 0 Å². The Kier molecular flexibility index (Phi) is 3.85. The smallest absolute Gasteiger partial charge is 0.328 e. The zero-order chi connectivity index (χ0) is 16.4. The number of nitrogens with zero attached hydrogens (tertiary/aromatic N) is 1. The molecule has 0 bridgehead atoms. The van der Waals surface area contributed by atoms with Crippen LogP contribution in [0.3, 0.4) is 0 Å². The van der Waals surface area contributed by atoms with Gasteiger partial charge in [0.25, 0.3) is 5.56 Å². The number of carbonyl (C=O) groups excluding carboxylic acids is 1. The molecule has 1 aliphatic carbocycles. The minimum atomic E-state index is -0.618. The molecule has 1 aromatic heterocycles. The first-order chi connectivity index (χ1) is 11.0. The molecule has 0 saturated heterocycles. The van der Waals surface area contributed by atoms with E-state index in [-0.39, 0.29) is 23.7 Å². The van der Waals surface area contributed by atoms with Gasteiger partial charge in [-0.1, -0.05) is 12.1 Å². The monoisotopic (exact) mass is 317 g/mol. The van der Waals surface area contributed by atoms with Crippen molar-refractivity contribution in [3.05, 3.63) is 68.7 Å². The van der Waals surface area contributed by atoms with Crippen LogP contribution in [0.5, 0.6) is 0 Å². The SMILES string of the molecule is O=C(Cn1ccc(=O)[nH]c1=O)NCC1(c2ccc(F)cc2)CC1. The van der Waals surface area contributed by atoms with Crippen molar-refractivity contribution < 1.29 is 9.18 Å². The predicted octanol–water partition coefficient (Wildman–Crippen LogP) is 0.524. The predicted molar refractivity (Wildman–Crippen MR) is 81.6 cm³/mol. The molecular weight excluding hydrogens is 301 g/mol. The maximum atomic E-state index is 13.0. The largest absolute Gasteiger partial charge is 0.354 e. The summed E-state index contributed by atoms with van der Waals surface area (Å²) in [6, 6.07) is 7.49. The molecule has 7 heteroatoms. The van der Waals surface area contributed by atoms with Crippen molar-refractivity contribution in [3.8, 4) is 0 Å². The Bertz CT molecular complexity index is 835. The number of hydrogen-bond acceptors (Lipinski definition) is 3. The van der Waals surface area contributed by atoms with Gasteiger partial charge < -0.3 is 5.32 Å². The zero-order valence-corrected chi connectivity index (χ0v) is 12.3. The fraction of sp³-hybridized carbons (Fsp3) is 0.312. The van der Waals surface area contributed by atoms with Crippen LogP contribution >= 0.6 is 0 Å². The molecule has 0 unspecified atom stereocenters. The number of H-pyrrole nitrogens is 1. The van der Waals surface area contributed by atoms with Crippen molar-refractivity contribution >= 4 is 5.91 Å². The van der Waals surface area contributed by atoms with Crippen LogP contribution < -0.4 is 16.6 Å². The topological polar surface area (TPSA) is 84.0 Å². The number of aromatic amines is 1. The molecule has 1 aromatic carbocycles. The summed E-state index contributed by atoms with van der Waals surface area (Å²) >= 11 is 0. The van der Waals surface area contributed by atoms with E-state index in [4.69, 9.17) is 0 Å². The van der Waals surface area contributed by atoms with Gasteiger partial charge in [-0.25, -0.2) is 9.18 Å². The molecule has 0 spiro atoms. The summed E-state index contributed by atoms with van der Waals surface area (Å²) in [6.07, 6.45) is 3.14. The maximum Gasteiger partial charge on any atom is 0.328 e. The minimum Gasteiger partial charge on any atom is -0.354 e. The van der Waals surface area contributed by atoms with Crippen molar-refractivity contribution in [2.45, 2.75) is 24.8 Å². The van der Waals surface area contributed by atoms with Gasteiger partial charge in [0.1, 0.15) is 12.4 Å². The average molecular weight is 317 g/mol. The summed E-state index contributed by atoms with van der Waals surface area (Å²) in [5.74, 6) is -0.599. The maximum absolute atomic E-state index is 13.0. The normalized spacial score (nSPS) is 15.2. The van der Waals surface area contributed by atoms with Crippen LogP contribution in [0.1, 0.15) is 18.4 Å². The number of benzene rings is 1. The standard InChI is InChI=1S/C16H16FN3O3/c17-12-3-1-11(2-4-12)16(6-7-16)10-18-14(22)9-20-8-5-13(21)19-15(20)23/h1-5,8H,6-7,9-10H2,(H,18,22)(H,19,21,23). The Morgan fingerprint density at radius 2 is 1.91 bits per heavy atom. The van der Waals surface area contributed by atoms with Crippen LogP contribution in [0.25, 0.3) is 0 Å². The highest BCUT2D eigenvalue weighted by atomic mass is 19.1. The second kappa shape index (κ2) is 5.83. The van der Waals surface area contributed by atoms with E-state index >= 15 is 0 Å². The molecule has 2 N–H and O–H groups in total. The van der Waals surface area contributed by atoms with E-state index in [0.29, 0.717) is 6.54 Å². The van der Waals surface area contributed by atoms with Crippen LogP contribution in [0.15, 0.2) is 46.1 Å². The highest BCUT2D eigenvalue weighted by Gasteiger charge is 2.44. The Morgan fingerprint density at radius 3 is 2.52 bits per heavy atom. The third kappa shape index (κ3) is 3.39. The van der Waals surface area contributed by atoms with Crippen molar-refractivity contribution in [1.82, 2.24) is 14.9 Å². The van der Waals surface area contributed by atoms with Crippen LogP contribution in [0, 0.1) is 5.82 Å². The molecule has 1 amide bonds. The lowest BCUT2D eigenvalue weighted by molar-refractivity contribution is -0.121. The van der Waals surface area contributed by atoms with Crippen LogP contribution in [-0.4, -0.2) is 22.0 Å².